The first-order valence-corrected chi connectivity index (χ1v) is 5.43. The Morgan fingerprint density at radius 3 is 2.67 bits per heavy atom. The van der Waals surface area contributed by atoms with Crippen LogP contribution >= 0.6 is 0 Å². The van der Waals surface area contributed by atoms with Gasteiger partial charge in [-0.2, -0.15) is 0 Å². The van der Waals surface area contributed by atoms with E-state index in [2.05, 4.69) is 10.6 Å². The zero-order chi connectivity index (χ0) is 10.8. The minimum Gasteiger partial charge on any atom is -0.352 e. The lowest BCUT2D eigenvalue weighted by molar-refractivity contribution is -0.136. The van der Waals surface area contributed by atoms with E-state index in [0.29, 0.717) is 6.54 Å². The fraction of sp³-hybridized carbons (Fsp3) is 0.800. The maximum absolute atomic E-state index is 11.8. The van der Waals surface area contributed by atoms with E-state index in [1.165, 1.54) is 6.92 Å². The van der Waals surface area contributed by atoms with E-state index >= 15 is 0 Å². The number of likely N-dealkylation sites (tertiary alicyclic amines) is 1. The molecule has 0 bridgehead atoms. The van der Waals surface area contributed by atoms with Crippen LogP contribution in [-0.4, -0.2) is 48.9 Å². The highest BCUT2D eigenvalue weighted by atomic mass is 16.2. The fourth-order valence-corrected chi connectivity index (χ4v) is 2.09. The summed E-state index contributed by atoms with van der Waals surface area (Å²) in [6, 6.07) is 0.152. The summed E-state index contributed by atoms with van der Waals surface area (Å²) in [5.74, 6) is 0.391. The number of hydrogen-bond acceptors (Lipinski definition) is 3. The lowest BCUT2D eigenvalue weighted by Gasteiger charge is -2.30. The molecule has 1 unspecified atom stereocenters. The average Bonchev–Trinajstić information content (AvgIpc) is 2.48. The zero-order valence-corrected chi connectivity index (χ0v) is 8.95. The van der Waals surface area contributed by atoms with Gasteiger partial charge in [-0.25, -0.2) is 0 Å². The highest BCUT2D eigenvalue weighted by Crippen LogP contribution is 2.15. The van der Waals surface area contributed by atoms with Crippen LogP contribution in [0.25, 0.3) is 0 Å². The molecule has 2 saturated heterocycles. The fourth-order valence-electron chi connectivity index (χ4n) is 2.09. The van der Waals surface area contributed by atoms with Crippen LogP contribution in [0.1, 0.15) is 13.3 Å². The summed E-state index contributed by atoms with van der Waals surface area (Å²) in [7, 11) is 0. The second kappa shape index (κ2) is 4.18. The van der Waals surface area contributed by atoms with Crippen molar-refractivity contribution in [3.05, 3.63) is 0 Å². The van der Waals surface area contributed by atoms with Crippen LogP contribution in [0.2, 0.25) is 0 Å². The predicted molar refractivity (Wildman–Crippen MR) is 55.2 cm³/mol. The van der Waals surface area contributed by atoms with Gasteiger partial charge in [0.05, 0.1) is 5.92 Å². The van der Waals surface area contributed by atoms with Crippen LogP contribution in [0.4, 0.5) is 0 Å². The van der Waals surface area contributed by atoms with Crippen molar-refractivity contribution < 1.29 is 9.59 Å². The molecule has 0 aliphatic carbocycles. The molecule has 2 aliphatic rings. The summed E-state index contributed by atoms with van der Waals surface area (Å²) < 4.78 is 0. The molecule has 2 N–H and O–H groups in total. The molecule has 0 aromatic rings. The van der Waals surface area contributed by atoms with Gasteiger partial charge in [0, 0.05) is 39.1 Å². The number of nitrogens with zero attached hydrogens (tertiary/aromatic N) is 1. The van der Waals surface area contributed by atoms with Crippen molar-refractivity contribution in [3.8, 4) is 0 Å². The molecule has 5 nitrogen and oxygen atoms in total. The molecule has 84 valence electrons. The normalized spacial score (nSPS) is 26.2. The minimum absolute atomic E-state index is 0.0143. The van der Waals surface area contributed by atoms with Crippen LogP contribution in [0, 0.1) is 5.92 Å². The molecule has 15 heavy (non-hydrogen) atoms. The third-order valence-corrected chi connectivity index (χ3v) is 3.04. The van der Waals surface area contributed by atoms with Gasteiger partial charge < -0.3 is 15.5 Å². The molecule has 0 aromatic carbocycles. The predicted octanol–water partition coefficient (Wildman–Crippen LogP) is -1.06. The monoisotopic (exact) mass is 211 g/mol. The molecule has 0 aromatic heterocycles. The van der Waals surface area contributed by atoms with E-state index in [0.717, 1.165) is 26.1 Å². The third kappa shape index (κ3) is 2.28. The van der Waals surface area contributed by atoms with E-state index < -0.39 is 0 Å². The van der Waals surface area contributed by atoms with Gasteiger partial charge in [-0.3, -0.25) is 9.59 Å². The second-order valence-corrected chi connectivity index (χ2v) is 4.33. The van der Waals surface area contributed by atoms with Gasteiger partial charge in [-0.1, -0.05) is 0 Å². The summed E-state index contributed by atoms with van der Waals surface area (Å²) in [5.41, 5.74) is 0. The number of rotatable bonds is 2. The highest BCUT2D eigenvalue weighted by molar-refractivity contribution is 5.80. The molecular weight excluding hydrogens is 194 g/mol. The van der Waals surface area contributed by atoms with Gasteiger partial charge in [0.15, 0.2) is 0 Å². The summed E-state index contributed by atoms with van der Waals surface area (Å²) in [6.45, 7) is 4.58. The largest absolute Gasteiger partial charge is 0.352 e. The van der Waals surface area contributed by atoms with Crippen molar-refractivity contribution in [1.82, 2.24) is 15.5 Å². The van der Waals surface area contributed by atoms with Crippen molar-refractivity contribution in [3.63, 3.8) is 0 Å². The summed E-state index contributed by atoms with van der Waals surface area (Å²) >= 11 is 0. The Balaban J connectivity index is 1.81. The van der Waals surface area contributed by atoms with Crippen LogP contribution in [0.15, 0.2) is 0 Å². The lowest BCUT2D eigenvalue weighted by atomic mass is 10.0. The van der Waals surface area contributed by atoms with E-state index in [4.69, 9.17) is 0 Å². The maximum Gasteiger partial charge on any atom is 0.228 e. The molecule has 2 fully saturated rings. The number of hydrogen-bond donors (Lipinski definition) is 2. The van der Waals surface area contributed by atoms with Gasteiger partial charge in [0.2, 0.25) is 11.8 Å². The molecule has 0 saturated carbocycles. The van der Waals surface area contributed by atoms with Crippen molar-refractivity contribution in [2.24, 2.45) is 5.92 Å². The maximum atomic E-state index is 11.8. The standard InChI is InChI=1S/C10H17N3O2/c1-7(14)12-9-2-3-13(6-9)10(15)8-4-11-5-8/h8-9,11H,2-6H2,1H3,(H,12,14). The quantitative estimate of drug-likeness (QED) is 0.612. The highest BCUT2D eigenvalue weighted by Gasteiger charge is 2.33. The first kappa shape index (κ1) is 10.4. The van der Waals surface area contributed by atoms with E-state index in [9.17, 15) is 9.59 Å². The van der Waals surface area contributed by atoms with Crippen LogP contribution in [0.5, 0.6) is 0 Å². The van der Waals surface area contributed by atoms with Gasteiger partial charge in [0.25, 0.3) is 0 Å². The Kier molecular flexibility index (Phi) is 2.90. The number of carbonyl (C=O) groups excluding carboxylic acids is 2. The Hall–Kier alpha value is -1.10. The van der Waals surface area contributed by atoms with Gasteiger partial charge >= 0.3 is 0 Å². The number of carbonyl (C=O) groups is 2. The SMILES string of the molecule is CC(=O)NC1CCN(C(=O)C2CNC2)C1. The first-order valence-electron chi connectivity index (χ1n) is 5.43. The molecule has 5 heteroatoms. The Labute approximate surface area is 89.2 Å². The lowest BCUT2D eigenvalue weighted by Crippen LogP contribution is -2.52. The summed E-state index contributed by atoms with van der Waals surface area (Å²) in [4.78, 5) is 24.6. The topological polar surface area (TPSA) is 61.4 Å². The van der Waals surface area contributed by atoms with E-state index in [1.54, 1.807) is 0 Å². The number of nitrogens with one attached hydrogen (secondary N) is 2. The summed E-state index contributed by atoms with van der Waals surface area (Å²) in [6.07, 6.45) is 0.880. The second-order valence-electron chi connectivity index (χ2n) is 4.33. The molecule has 2 rings (SSSR count). The van der Waals surface area contributed by atoms with Gasteiger partial charge in [-0.15, -0.1) is 0 Å². The molecule has 2 aliphatic heterocycles. The van der Waals surface area contributed by atoms with Crippen molar-refractivity contribution in [1.29, 1.82) is 0 Å². The third-order valence-electron chi connectivity index (χ3n) is 3.04. The van der Waals surface area contributed by atoms with Gasteiger partial charge in [-0.05, 0) is 6.42 Å². The zero-order valence-electron chi connectivity index (χ0n) is 8.95. The smallest absolute Gasteiger partial charge is 0.228 e. The van der Waals surface area contributed by atoms with Crippen LogP contribution < -0.4 is 10.6 Å². The Morgan fingerprint density at radius 2 is 2.13 bits per heavy atom. The molecule has 0 spiro atoms. The first-order chi connectivity index (χ1) is 7.16. The Morgan fingerprint density at radius 1 is 1.40 bits per heavy atom. The molecular formula is C10H17N3O2. The molecule has 1 atom stereocenters. The van der Waals surface area contributed by atoms with Crippen LogP contribution in [-0.2, 0) is 9.59 Å². The van der Waals surface area contributed by atoms with Crippen molar-refractivity contribution in [2.75, 3.05) is 26.2 Å². The molecule has 0 radical (unpaired) electrons. The van der Waals surface area contributed by atoms with E-state index in [1.807, 2.05) is 4.90 Å². The average molecular weight is 211 g/mol. The van der Waals surface area contributed by atoms with Gasteiger partial charge in [0.1, 0.15) is 0 Å². The Bertz CT molecular complexity index is 276. The molecule has 2 heterocycles. The molecule has 2 amide bonds. The van der Waals surface area contributed by atoms with Crippen molar-refractivity contribution in [2.45, 2.75) is 19.4 Å². The van der Waals surface area contributed by atoms with Crippen LogP contribution in [0.3, 0.4) is 0 Å². The summed E-state index contributed by atoms with van der Waals surface area (Å²) in [5, 5.41) is 5.94. The minimum atomic E-state index is -0.0143. The number of amides is 2. The van der Waals surface area contributed by atoms with Crippen molar-refractivity contribution >= 4 is 11.8 Å². The van der Waals surface area contributed by atoms with E-state index in [-0.39, 0.29) is 23.8 Å².